The van der Waals surface area contributed by atoms with Gasteiger partial charge in [0, 0.05) is 6.54 Å². The minimum absolute atomic E-state index is 0.0297. The third kappa shape index (κ3) is 2.30. The largest absolute Gasteiger partial charge is 0.388 e. The molecule has 4 nitrogen and oxygen atoms in total. The molecule has 0 amide bonds. The summed E-state index contributed by atoms with van der Waals surface area (Å²) in [7, 11) is 0. The average molecular weight is 169 g/mol. The molecule has 1 rings (SSSR count). The molecule has 0 spiro atoms. The number of hydrogen-bond acceptors (Lipinski definition) is 3. The van der Waals surface area contributed by atoms with E-state index in [1.54, 1.807) is 4.68 Å². The summed E-state index contributed by atoms with van der Waals surface area (Å²) in [5.74, 6) is 1.30. The molecule has 1 aromatic rings. The lowest BCUT2D eigenvalue weighted by Gasteiger charge is -2.05. The fraction of sp³-hybridized carbons (Fsp3) is 0.750. The standard InChI is InChI=1S/C8H15N3O/c1-7(2)3-4-11-8(5-12)9-6-10-11/h6-7,12H,3-5H2,1-2H3. The van der Waals surface area contributed by atoms with Gasteiger partial charge in [-0.15, -0.1) is 0 Å². The molecule has 1 aromatic heterocycles. The zero-order chi connectivity index (χ0) is 8.97. The van der Waals surface area contributed by atoms with Crippen LogP contribution in [0, 0.1) is 5.92 Å². The van der Waals surface area contributed by atoms with E-state index in [9.17, 15) is 0 Å². The van der Waals surface area contributed by atoms with Gasteiger partial charge in [0.05, 0.1) is 0 Å². The van der Waals surface area contributed by atoms with Crippen LogP contribution in [0.5, 0.6) is 0 Å². The van der Waals surface area contributed by atoms with Crippen LogP contribution in [0.4, 0.5) is 0 Å². The Balaban J connectivity index is 2.50. The van der Waals surface area contributed by atoms with E-state index in [1.165, 1.54) is 6.33 Å². The molecule has 0 aromatic carbocycles. The van der Waals surface area contributed by atoms with Crippen molar-refractivity contribution in [1.29, 1.82) is 0 Å². The van der Waals surface area contributed by atoms with Crippen LogP contribution in [0.25, 0.3) is 0 Å². The number of aromatic nitrogens is 3. The van der Waals surface area contributed by atoms with Crippen molar-refractivity contribution in [3.63, 3.8) is 0 Å². The molecule has 0 fully saturated rings. The second kappa shape index (κ2) is 4.21. The van der Waals surface area contributed by atoms with Crippen molar-refractivity contribution in [2.75, 3.05) is 0 Å². The van der Waals surface area contributed by atoms with Gasteiger partial charge in [0.2, 0.25) is 0 Å². The lowest BCUT2D eigenvalue weighted by molar-refractivity contribution is 0.260. The Kier molecular flexibility index (Phi) is 3.22. The number of nitrogens with zero attached hydrogens (tertiary/aromatic N) is 3. The van der Waals surface area contributed by atoms with E-state index in [0.717, 1.165) is 13.0 Å². The molecular weight excluding hydrogens is 154 g/mol. The number of hydrogen-bond donors (Lipinski definition) is 1. The van der Waals surface area contributed by atoms with E-state index in [0.29, 0.717) is 11.7 Å². The smallest absolute Gasteiger partial charge is 0.152 e. The van der Waals surface area contributed by atoms with E-state index in [4.69, 9.17) is 5.11 Å². The van der Waals surface area contributed by atoms with Gasteiger partial charge in [-0.2, -0.15) is 5.10 Å². The molecule has 1 N–H and O–H groups in total. The molecule has 0 saturated carbocycles. The van der Waals surface area contributed by atoms with Crippen LogP contribution in [0.1, 0.15) is 26.1 Å². The molecule has 68 valence electrons. The Morgan fingerprint density at radius 3 is 2.92 bits per heavy atom. The maximum absolute atomic E-state index is 8.85. The summed E-state index contributed by atoms with van der Waals surface area (Å²) in [5.41, 5.74) is 0. The minimum Gasteiger partial charge on any atom is -0.388 e. The zero-order valence-electron chi connectivity index (χ0n) is 7.56. The Labute approximate surface area is 72.2 Å². The fourth-order valence-corrected chi connectivity index (χ4v) is 0.978. The van der Waals surface area contributed by atoms with Crippen LogP contribution in [-0.4, -0.2) is 19.9 Å². The first kappa shape index (κ1) is 9.19. The number of aliphatic hydroxyl groups excluding tert-OH is 1. The maximum atomic E-state index is 8.85. The van der Waals surface area contributed by atoms with Gasteiger partial charge in [-0.05, 0) is 12.3 Å². The van der Waals surface area contributed by atoms with Crippen molar-refractivity contribution in [3.05, 3.63) is 12.2 Å². The van der Waals surface area contributed by atoms with Crippen molar-refractivity contribution >= 4 is 0 Å². The molecule has 0 aliphatic carbocycles. The Hall–Kier alpha value is -0.900. The van der Waals surface area contributed by atoms with Gasteiger partial charge in [-0.25, -0.2) is 9.67 Å². The predicted molar refractivity (Wildman–Crippen MR) is 45.4 cm³/mol. The molecule has 0 radical (unpaired) electrons. The summed E-state index contributed by atoms with van der Waals surface area (Å²) >= 11 is 0. The number of rotatable bonds is 4. The van der Waals surface area contributed by atoms with Gasteiger partial charge in [-0.3, -0.25) is 0 Å². The molecule has 0 saturated heterocycles. The topological polar surface area (TPSA) is 50.9 Å². The van der Waals surface area contributed by atoms with E-state index < -0.39 is 0 Å². The van der Waals surface area contributed by atoms with Gasteiger partial charge in [0.1, 0.15) is 12.9 Å². The lowest BCUT2D eigenvalue weighted by Crippen LogP contribution is -2.07. The summed E-state index contributed by atoms with van der Waals surface area (Å²) in [4.78, 5) is 3.91. The first-order chi connectivity index (χ1) is 5.74. The van der Waals surface area contributed by atoms with Crippen LogP contribution in [0.2, 0.25) is 0 Å². The summed E-state index contributed by atoms with van der Waals surface area (Å²) in [5, 5.41) is 12.9. The molecule has 0 unspecified atom stereocenters. The Morgan fingerprint density at radius 1 is 1.58 bits per heavy atom. The third-order valence-electron chi connectivity index (χ3n) is 1.76. The monoisotopic (exact) mass is 169 g/mol. The molecule has 0 aliphatic heterocycles. The maximum Gasteiger partial charge on any atom is 0.152 e. The van der Waals surface area contributed by atoms with E-state index >= 15 is 0 Å². The molecule has 12 heavy (non-hydrogen) atoms. The predicted octanol–water partition coefficient (Wildman–Crippen LogP) is 0.817. The Morgan fingerprint density at radius 2 is 2.33 bits per heavy atom. The van der Waals surface area contributed by atoms with Crippen LogP contribution in [0.3, 0.4) is 0 Å². The van der Waals surface area contributed by atoms with Gasteiger partial charge in [0.15, 0.2) is 5.82 Å². The molecule has 0 bridgehead atoms. The summed E-state index contributed by atoms with van der Waals surface area (Å²) < 4.78 is 1.75. The van der Waals surface area contributed by atoms with E-state index in [2.05, 4.69) is 23.9 Å². The lowest BCUT2D eigenvalue weighted by atomic mass is 10.1. The molecular formula is C8H15N3O. The van der Waals surface area contributed by atoms with E-state index in [1.807, 2.05) is 0 Å². The van der Waals surface area contributed by atoms with Gasteiger partial charge in [0.25, 0.3) is 0 Å². The molecule has 1 heterocycles. The highest BCUT2D eigenvalue weighted by atomic mass is 16.3. The average Bonchev–Trinajstić information content (AvgIpc) is 2.47. The molecule has 4 heteroatoms. The Bertz CT molecular complexity index is 232. The summed E-state index contributed by atoms with van der Waals surface area (Å²) in [6.07, 6.45) is 2.54. The third-order valence-corrected chi connectivity index (χ3v) is 1.76. The molecule has 0 aliphatic rings. The first-order valence-electron chi connectivity index (χ1n) is 4.21. The summed E-state index contributed by atoms with van der Waals surface area (Å²) in [6.45, 7) is 5.14. The zero-order valence-corrected chi connectivity index (χ0v) is 7.56. The van der Waals surface area contributed by atoms with Gasteiger partial charge >= 0.3 is 0 Å². The second-order valence-electron chi connectivity index (χ2n) is 3.24. The van der Waals surface area contributed by atoms with Gasteiger partial charge in [-0.1, -0.05) is 13.8 Å². The van der Waals surface area contributed by atoms with Crippen molar-refractivity contribution in [1.82, 2.24) is 14.8 Å². The van der Waals surface area contributed by atoms with Crippen LogP contribution in [0.15, 0.2) is 6.33 Å². The fourth-order valence-electron chi connectivity index (χ4n) is 0.978. The van der Waals surface area contributed by atoms with Crippen LogP contribution in [-0.2, 0) is 13.2 Å². The van der Waals surface area contributed by atoms with Gasteiger partial charge < -0.3 is 5.11 Å². The number of aliphatic hydroxyl groups is 1. The van der Waals surface area contributed by atoms with Crippen molar-refractivity contribution in [2.45, 2.75) is 33.4 Å². The van der Waals surface area contributed by atoms with Crippen LogP contribution >= 0.6 is 0 Å². The second-order valence-corrected chi connectivity index (χ2v) is 3.24. The highest BCUT2D eigenvalue weighted by molar-refractivity contribution is 4.80. The number of aryl methyl sites for hydroxylation is 1. The highest BCUT2D eigenvalue weighted by Crippen LogP contribution is 2.03. The first-order valence-corrected chi connectivity index (χ1v) is 4.21. The van der Waals surface area contributed by atoms with Crippen molar-refractivity contribution in [2.24, 2.45) is 5.92 Å². The molecule has 0 atom stereocenters. The van der Waals surface area contributed by atoms with Crippen molar-refractivity contribution < 1.29 is 5.11 Å². The van der Waals surface area contributed by atoms with Crippen molar-refractivity contribution in [3.8, 4) is 0 Å². The minimum atomic E-state index is -0.0297. The van der Waals surface area contributed by atoms with E-state index in [-0.39, 0.29) is 6.61 Å². The SMILES string of the molecule is CC(C)CCn1ncnc1CO. The summed E-state index contributed by atoms with van der Waals surface area (Å²) in [6, 6.07) is 0. The normalized spacial score (nSPS) is 11.0. The van der Waals surface area contributed by atoms with Crippen LogP contribution < -0.4 is 0 Å². The quantitative estimate of drug-likeness (QED) is 0.725. The highest BCUT2D eigenvalue weighted by Gasteiger charge is 2.02.